The smallest absolute Gasteiger partial charge is 0.411 e. The minimum absolute atomic E-state index is 0.00579. The number of alkyl carbamates (subject to hydrolysis) is 1. The number of aliphatic hydroxyl groups excluding tert-OH is 1. The van der Waals surface area contributed by atoms with E-state index in [1.54, 1.807) is 24.3 Å². The van der Waals surface area contributed by atoms with E-state index in [0.29, 0.717) is 0 Å². The monoisotopic (exact) mass is 451 g/mol. The van der Waals surface area contributed by atoms with Crippen molar-refractivity contribution >= 4 is 17.7 Å². The average Bonchev–Trinajstić information content (AvgIpc) is 3.19. The fraction of sp³-hybridized carbons (Fsp3) is 0.107. The highest BCUT2D eigenvalue weighted by atomic mass is 16.5. The van der Waals surface area contributed by atoms with Crippen LogP contribution >= 0.6 is 0 Å². The molecule has 0 aromatic heterocycles. The molecule has 0 heterocycles. The zero-order valence-corrected chi connectivity index (χ0v) is 18.2. The van der Waals surface area contributed by atoms with Gasteiger partial charge in [0.1, 0.15) is 12.3 Å². The first-order valence-corrected chi connectivity index (χ1v) is 10.9. The fourth-order valence-corrected chi connectivity index (χ4v) is 4.58. The average molecular weight is 451 g/mol. The highest BCUT2D eigenvalue weighted by molar-refractivity contribution is 6.28. The Morgan fingerprint density at radius 1 is 0.824 bits per heavy atom. The second kappa shape index (κ2) is 8.92. The van der Waals surface area contributed by atoms with Crippen LogP contribution in [-0.2, 0) is 4.74 Å². The lowest BCUT2D eigenvalue weighted by Gasteiger charge is -2.20. The summed E-state index contributed by atoms with van der Waals surface area (Å²) in [5, 5.41) is 11.6. The summed E-state index contributed by atoms with van der Waals surface area (Å²) < 4.78 is 5.55. The van der Waals surface area contributed by atoms with Crippen LogP contribution in [0.25, 0.3) is 11.1 Å². The Kier molecular flexibility index (Phi) is 5.65. The number of allylic oxidation sites excluding steroid dienone is 3. The molecule has 0 radical (unpaired) electrons. The van der Waals surface area contributed by atoms with Crippen LogP contribution in [-0.4, -0.2) is 36.0 Å². The molecule has 1 amide bonds. The normalized spacial score (nSPS) is 14.7. The fourth-order valence-electron chi connectivity index (χ4n) is 4.58. The van der Waals surface area contributed by atoms with Crippen molar-refractivity contribution in [2.75, 3.05) is 13.2 Å². The van der Waals surface area contributed by atoms with Gasteiger partial charge in [-0.15, -0.1) is 0 Å². The van der Waals surface area contributed by atoms with Crippen LogP contribution in [0.4, 0.5) is 4.79 Å². The minimum Gasteiger partial charge on any atom is -0.448 e. The van der Waals surface area contributed by atoms with Crippen LogP contribution in [0.1, 0.15) is 37.8 Å². The Hall–Kier alpha value is -4.29. The number of Topliss-reactive ketones (excluding diaryl/α,β-unsaturated/α-hetero) is 2. The predicted octanol–water partition coefficient (Wildman–Crippen LogP) is 4.41. The van der Waals surface area contributed by atoms with E-state index in [-0.39, 0.29) is 41.5 Å². The van der Waals surface area contributed by atoms with Crippen LogP contribution in [0.15, 0.2) is 96.2 Å². The second-order valence-corrected chi connectivity index (χ2v) is 8.03. The molecule has 0 saturated heterocycles. The summed E-state index contributed by atoms with van der Waals surface area (Å²) >= 11 is 0. The molecule has 0 aliphatic heterocycles. The van der Waals surface area contributed by atoms with Gasteiger partial charge in [-0.1, -0.05) is 84.9 Å². The lowest BCUT2D eigenvalue weighted by atomic mass is 9.87. The number of benzene rings is 3. The van der Waals surface area contributed by atoms with Crippen molar-refractivity contribution in [2.24, 2.45) is 0 Å². The standard InChI is InChI=1S/C28H21NO5/c30-15-7-14-23-25(27(32)22-13-6-5-12-21(22)26(23)31)29-28(33)34-16-24-19-10-3-1-8-17(19)18-9-2-4-11-20(18)24/h1-14,24,30H,15-16H2,(H,29,33)/b14-7+. The Labute approximate surface area is 196 Å². The second-order valence-electron chi connectivity index (χ2n) is 8.03. The van der Waals surface area contributed by atoms with Crippen molar-refractivity contribution in [2.45, 2.75) is 5.92 Å². The highest BCUT2D eigenvalue weighted by Crippen LogP contribution is 2.44. The molecule has 6 nitrogen and oxygen atoms in total. The van der Waals surface area contributed by atoms with Crippen molar-refractivity contribution in [1.82, 2.24) is 5.32 Å². The number of aliphatic hydroxyl groups is 1. The molecule has 3 aromatic rings. The zero-order chi connectivity index (χ0) is 23.7. The first kappa shape index (κ1) is 21.6. The Morgan fingerprint density at radius 3 is 1.94 bits per heavy atom. The van der Waals surface area contributed by atoms with Crippen molar-refractivity contribution in [3.05, 3.63) is 118 Å². The number of carbonyl (C=O) groups excluding carboxylic acids is 3. The molecule has 6 heteroatoms. The lowest BCUT2D eigenvalue weighted by Crippen LogP contribution is -2.34. The largest absolute Gasteiger partial charge is 0.448 e. The van der Waals surface area contributed by atoms with Gasteiger partial charge in [0, 0.05) is 17.0 Å². The Bertz CT molecular complexity index is 1340. The summed E-state index contributed by atoms with van der Waals surface area (Å²) in [6, 6.07) is 22.4. The summed E-state index contributed by atoms with van der Waals surface area (Å²) in [4.78, 5) is 38.8. The van der Waals surface area contributed by atoms with Crippen molar-refractivity contribution < 1.29 is 24.2 Å². The van der Waals surface area contributed by atoms with Gasteiger partial charge >= 0.3 is 6.09 Å². The van der Waals surface area contributed by atoms with Gasteiger partial charge in [0.25, 0.3) is 0 Å². The molecule has 34 heavy (non-hydrogen) atoms. The third kappa shape index (κ3) is 3.64. The molecule has 168 valence electrons. The van der Waals surface area contributed by atoms with Crippen molar-refractivity contribution in [3.8, 4) is 11.1 Å². The molecule has 0 unspecified atom stereocenters. The first-order valence-electron chi connectivity index (χ1n) is 10.9. The molecule has 5 rings (SSSR count). The van der Waals surface area contributed by atoms with E-state index in [0.717, 1.165) is 22.3 Å². The number of hydrogen-bond donors (Lipinski definition) is 2. The number of rotatable bonds is 5. The third-order valence-corrected chi connectivity index (χ3v) is 6.12. The lowest BCUT2D eigenvalue weighted by molar-refractivity contribution is 0.0965. The molecule has 0 atom stereocenters. The Balaban J connectivity index is 1.39. The molecule has 3 aromatic carbocycles. The zero-order valence-electron chi connectivity index (χ0n) is 18.2. The minimum atomic E-state index is -0.827. The summed E-state index contributed by atoms with van der Waals surface area (Å²) in [6.07, 6.45) is 1.86. The summed E-state index contributed by atoms with van der Waals surface area (Å²) in [5.74, 6) is -1.03. The summed E-state index contributed by atoms with van der Waals surface area (Å²) in [7, 11) is 0. The van der Waals surface area contributed by atoms with E-state index in [9.17, 15) is 14.4 Å². The maximum Gasteiger partial charge on any atom is 0.411 e. The van der Waals surface area contributed by atoms with E-state index in [1.807, 2.05) is 48.5 Å². The topological polar surface area (TPSA) is 92.7 Å². The maximum atomic E-state index is 13.1. The number of ketones is 2. The third-order valence-electron chi connectivity index (χ3n) is 6.12. The van der Waals surface area contributed by atoms with E-state index in [4.69, 9.17) is 9.84 Å². The number of amides is 1. The van der Waals surface area contributed by atoms with Gasteiger partial charge in [-0.3, -0.25) is 14.9 Å². The molecule has 2 aliphatic carbocycles. The maximum absolute atomic E-state index is 13.1. The number of fused-ring (bicyclic) bond motifs is 4. The molecule has 2 aliphatic rings. The van der Waals surface area contributed by atoms with Gasteiger partial charge in [0.15, 0.2) is 5.78 Å². The van der Waals surface area contributed by atoms with E-state index in [1.165, 1.54) is 12.2 Å². The van der Waals surface area contributed by atoms with Gasteiger partial charge in [-0.25, -0.2) is 4.79 Å². The van der Waals surface area contributed by atoms with Gasteiger partial charge in [-0.2, -0.15) is 0 Å². The number of carbonyl (C=O) groups is 3. The van der Waals surface area contributed by atoms with Crippen LogP contribution in [0.5, 0.6) is 0 Å². The van der Waals surface area contributed by atoms with Gasteiger partial charge in [0.2, 0.25) is 5.78 Å². The summed E-state index contributed by atoms with van der Waals surface area (Å²) in [5.41, 5.74) is 4.66. The molecule has 0 saturated carbocycles. The van der Waals surface area contributed by atoms with E-state index >= 15 is 0 Å². The molecule has 0 spiro atoms. The molecule has 2 N–H and O–H groups in total. The molecular weight excluding hydrogens is 430 g/mol. The van der Waals surface area contributed by atoms with Crippen molar-refractivity contribution in [3.63, 3.8) is 0 Å². The van der Waals surface area contributed by atoms with Gasteiger partial charge in [-0.05, 0) is 22.3 Å². The van der Waals surface area contributed by atoms with Gasteiger partial charge < -0.3 is 9.84 Å². The number of nitrogens with one attached hydrogen (secondary N) is 1. The number of hydrogen-bond acceptors (Lipinski definition) is 5. The van der Waals surface area contributed by atoms with Crippen LogP contribution < -0.4 is 5.32 Å². The summed E-state index contributed by atoms with van der Waals surface area (Å²) in [6.45, 7) is -0.238. The number of ether oxygens (including phenoxy) is 1. The van der Waals surface area contributed by atoms with Crippen LogP contribution in [0.3, 0.4) is 0 Å². The Morgan fingerprint density at radius 2 is 1.35 bits per heavy atom. The predicted molar refractivity (Wildman–Crippen MR) is 127 cm³/mol. The van der Waals surface area contributed by atoms with Crippen LogP contribution in [0.2, 0.25) is 0 Å². The van der Waals surface area contributed by atoms with E-state index in [2.05, 4.69) is 5.32 Å². The van der Waals surface area contributed by atoms with Gasteiger partial charge in [0.05, 0.1) is 12.2 Å². The van der Waals surface area contributed by atoms with Crippen molar-refractivity contribution in [1.29, 1.82) is 0 Å². The van der Waals surface area contributed by atoms with Crippen LogP contribution in [0, 0.1) is 0 Å². The van der Waals surface area contributed by atoms with E-state index < -0.39 is 17.7 Å². The first-order chi connectivity index (χ1) is 16.6. The quantitative estimate of drug-likeness (QED) is 0.600. The SMILES string of the molecule is O=C(NC1=C(/C=C/CO)C(=O)c2ccccc2C1=O)OCC1c2ccccc2-c2ccccc21. The molecule has 0 fully saturated rings. The molecule has 0 bridgehead atoms. The molecular formula is C28H21NO5. The highest BCUT2D eigenvalue weighted by Gasteiger charge is 2.33.